The van der Waals surface area contributed by atoms with Gasteiger partial charge in [0.05, 0.1) is 12.1 Å². The second-order valence-electron chi connectivity index (χ2n) is 3.16. The molecule has 1 heterocycles. The summed E-state index contributed by atoms with van der Waals surface area (Å²) in [5.41, 5.74) is 5.97. The molecule has 0 radical (unpaired) electrons. The number of carbonyl (C=O) groups is 1. The minimum Gasteiger partial charge on any atom is -0.368 e. The molecule has 1 amide bonds. The highest BCUT2D eigenvalue weighted by Gasteiger charge is 2.20. The molecule has 1 unspecified atom stereocenters. The first-order chi connectivity index (χ1) is 6.15. The van der Waals surface area contributed by atoms with Gasteiger partial charge in [-0.15, -0.1) is 0 Å². The van der Waals surface area contributed by atoms with Crippen LogP contribution < -0.4 is 5.73 Å². The van der Waals surface area contributed by atoms with Crippen molar-refractivity contribution in [1.82, 2.24) is 4.90 Å². The van der Waals surface area contributed by atoms with Gasteiger partial charge in [0.1, 0.15) is 0 Å². The van der Waals surface area contributed by atoms with Gasteiger partial charge >= 0.3 is 0 Å². The molecule has 0 aromatic rings. The van der Waals surface area contributed by atoms with Crippen molar-refractivity contribution in [2.75, 3.05) is 13.1 Å². The third-order valence-electron chi connectivity index (χ3n) is 2.34. The van der Waals surface area contributed by atoms with E-state index in [1.165, 1.54) is 0 Å². The fraction of sp³-hybridized carbons (Fsp3) is 0.556. The van der Waals surface area contributed by atoms with E-state index in [0.29, 0.717) is 13.0 Å². The third-order valence-corrected chi connectivity index (χ3v) is 2.34. The molecular formula is C9H13N3O. The molecule has 1 aliphatic rings. The molecule has 4 heteroatoms. The SMILES string of the molecule is CC(C(N)=O)N1CC=C(C#N)CC1. The number of amides is 1. The molecular weight excluding hydrogens is 166 g/mol. The predicted molar refractivity (Wildman–Crippen MR) is 48.5 cm³/mol. The molecule has 2 N–H and O–H groups in total. The first kappa shape index (κ1) is 9.75. The molecule has 0 aromatic heterocycles. The lowest BCUT2D eigenvalue weighted by Gasteiger charge is -2.28. The Morgan fingerprint density at radius 1 is 1.85 bits per heavy atom. The van der Waals surface area contributed by atoms with Crippen molar-refractivity contribution in [1.29, 1.82) is 5.26 Å². The lowest BCUT2D eigenvalue weighted by Crippen LogP contribution is -2.44. The molecule has 13 heavy (non-hydrogen) atoms. The fourth-order valence-electron chi connectivity index (χ4n) is 1.32. The van der Waals surface area contributed by atoms with Crippen molar-refractivity contribution in [3.63, 3.8) is 0 Å². The average molecular weight is 179 g/mol. The van der Waals surface area contributed by atoms with Gasteiger partial charge < -0.3 is 5.73 Å². The highest BCUT2D eigenvalue weighted by molar-refractivity contribution is 5.79. The monoisotopic (exact) mass is 179 g/mol. The minimum absolute atomic E-state index is 0.239. The van der Waals surface area contributed by atoms with Gasteiger partial charge in [-0.25, -0.2) is 0 Å². The van der Waals surface area contributed by atoms with E-state index >= 15 is 0 Å². The van der Waals surface area contributed by atoms with E-state index in [1.54, 1.807) is 6.92 Å². The van der Waals surface area contributed by atoms with Crippen LogP contribution in [0.1, 0.15) is 13.3 Å². The summed E-state index contributed by atoms with van der Waals surface area (Å²) in [6.07, 6.45) is 2.57. The summed E-state index contributed by atoms with van der Waals surface area (Å²) in [5, 5.41) is 8.60. The number of hydrogen-bond acceptors (Lipinski definition) is 3. The molecule has 0 aromatic carbocycles. The third kappa shape index (κ3) is 2.30. The summed E-state index contributed by atoms with van der Waals surface area (Å²) >= 11 is 0. The topological polar surface area (TPSA) is 70.1 Å². The second-order valence-corrected chi connectivity index (χ2v) is 3.16. The lowest BCUT2D eigenvalue weighted by molar-refractivity contribution is -0.122. The molecule has 0 bridgehead atoms. The summed E-state index contributed by atoms with van der Waals surface area (Å²) in [4.78, 5) is 12.8. The lowest BCUT2D eigenvalue weighted by atomic mass is 10.1. The molecule has 0 spiro atoms. The fourth-order valence-corrected chi connectivity index (χ4v) is 1.32. The Labute approximate surface area is 77.6 Å². The first-order valence-corrected chi connectivity index (χ1v) is 4.27. The van der Waals surface area contributed by atoms with Gasteiger partial charge in [0.2, 0.25) is 5.91 Å². The molecule has 0 saturated carbocycles. The van der Waals surface area contributed by atoms with Crippen LogP contribution in [0.4, 0.5) is 0 Å². The average Bonchev–Trinajstić information content (AvgIpc) is 2.17. The molecule has 0 saturated heterocycles. The number of nitrogens with zero attached hydrogens (tertiary/aromatic N) is 2. The van der Waals surface area contributed by atoms with Gasteiger partial charge in [-0.3, -0.25) is 9.69 Å². The standard InChI is InChI=1S/C9H13N3O/c1-7(9(11)13)12-4-2-8(6-10)3-5-12/h2,7H,3-5H2,1H3,(H2,11,13). The summed E-state index contributed by atoms with van der Waals surface area (Å²) in [6, 6.07) is 1.87. The van der Waals surface area contributed by atoms with Gasteiger partial charge in [0.15, 0.2) is 0 Å². The van der Waals surface area contributed by atoms with E-state index in [9.17, 15) is 4.79 Å². The van der Waals surface area contributed by atoms with Crippen LogP contribution in [0.25, 0.3) is 0 Å². The highest BCUT2D eigenvalue weighted by Crippen LogP contribution is 2.11. The van der Waals surface area contributed by atoms with E-state index in [0.717, 1.165) is 12.1 Å². The van der Waals surface area contributed by atoms with Crippen molar-refractivity contribution >= 4 is 5.91 Å². The van der Waals surface area contributed by atoms with E-state index in [2.05, 4.69) is 6.07 Å². The van der Waals surface area contributed by atoms with Crippen LogP contribution in [0.2, 0.25) is 0 Å². The molecule has 1 aliphatic heterocycles. The normalized spacial score (nSPS) is 20.2. The molecule has 0 fully saturated rings. The summed E-state index contributed by atoms with van der Waals surface area (Å²) < 4.78 is 0. The van der Waals surface area contributed by atoms with Crippen LogP contribution in [0.3, 0.4) is 0 Å². The largest absolute Gasteiger partial charge is 0.368 e. The number of primary amides is 1. The van der Waals surface area contributed by atoms with Crippen molar-refractivity contribution in [2.24, 2.45) is 5.73 Å². The Kier molecular flexibility index (Phi) is 3.04. The number of nitriles is 1. The van der Waals surface area contributed by atoms with Crippen molar-refractivity contribution in [3.05, 3.63) is 11.6 Å². The maximum Gasteiger partial charge on any atom is 0.234 e. The zero-order valence-electron chi connectivity index (χ0n) is 7.66. The number of carbonyl (C=O) groups excluding carboxylic acids is 1. The highest BCUT2D eigenvalue weighted by atomic mass is 16.1. The van der Waals surface area contributed by atoms with Gasteiger partial charge in [0, 0.05) is 18.7 Å². The maximum absolute atomic E-state index is 10.8. The van der Waals surface area contributed by atoms with E-state index in [-0.39, 0.29) is 11.9 Å². The molecule has 70 valence electrons. The zero-order chi connectivity index (χ0) is 9.84. The van der Waals surface area contributed by atoms with Gasteiger partial charge in [0.25, 0.3) is 0 Å². The smallest absolute Gasteiger partial charge is 0.234 e. The van der Waals surface area contributed by atoms with Crippen LogP contribution in [-0.4, -0.2) is 29.9 Å². The van der Waals surface area contributed by atoms with Crippen molar-refractivity contribution in [2.45, 2.75) is 19.4 Å². The van der Waals surface area contributed by atoms with Crippen LogP contribution >= 0.6 is 0 Å². The Hall–Kier alpha value is -1.34. The zero-order valence-corrected chi connectivity index (χ0v) is 7.66. The molecule has 1 rings (SSSR count). The van der Waals surface area contributed by atoms with Crippen LogP contribution in [0.15, 0.2) is 11.6 Å². The summed E-state index contributed by atoms with van der Waals surface area (Å²) in [7, 11) is 0. The van der Waals surface area contributed by atoms with Crippen LogP contribution in [-0.2, 0) is 4.79 Å². The van der Waals surface area contributed by atoms with Crippen LogP contribution in [0, 0.1) is 11.3 Å². The Bertz CT molecular complexity index is 277. The van der Waals surface area contributed by atoms with Crippen molar-refractivity contribution < 1.29 is 4.79 Å². The Morgan fingerprint density at radius 2 is 2.54 bits per heavy atom. The predicted octanol–water partition coefficient (Wildman–Crippen LogP) is 0.0159. The number of rotatable bonds is 2. The van der Waals surface area contributed by atoms with Gasteiger partial charge in [-0.1, -0.05) is 6.08 Å². The second kappa shape index (κ2) is 4.06. The summed E-state index contributed by atoms with van der Waals surface area (Å²) in [5.74, 6) is -0.311. The Balaban J connectivity index is 2.56. The number of hydrogen-bond donors (Lipinski definition) is 1. The molecule has 1 atom stereocenters. The quantitative estimate of drug-likeness (QED) is 0.649. The maximum atomic E-state index is 10.8. The van der Waals surface area contributed by atoms with E-state index in [4.69, 9.17) is 11.0 Å². The van der Waals surface area contributed by atoms with E-state index in [1.807, 2.05) is 11.0 Å². The van der Waals surface area contributed by atoms with Crippen LogP contribution in [0.5, 0.6) is 0 Å². The molecule has 4 nitrogen and oxygen atoms in total. The van der Waals surface area contributed by atoms with Crippen molar-refractivity contribution in [3.8, 4) is 6.07 Å². The van der Waals surface area contributed by atoms with Gasteiger partial charge in [-0.2, -0.15) is 5.26 Å². The number of nitrogens with two attached hydrogens (primary N) is 1. The van der Waals surface area contributed by atoms with E-state index < -0.39 is 0 Å². The first-order valence-electron chi connectivity index (χ1n) is 4.27. The minimum atomic E-state index is -0.311. The molecule has 0 aliphatic carbocycles. The Morgan fingerprint density at radius 3 is 2.92 bits per heavy atom. The summed E-state index contributed by atoms with van der Waals surface area (Å²) in [6.45, 7) is 3.17. The van der Waals surface area contributed by atoms with Gasteiger partial charge in [-0.05, 0) is 13.3 Å².